The van der Waals surface area contributed by atoms with E-state index in [1.807, 2.05) is 36.1 Å². The van der Waals surface area contributed by atoms with Crippen molar-refractivity contribution in [3.8, 4) is 5.75 Å². The van der Waals surface area contributed by atoms with Crippen molar-refractivity contribution in [3.63, 3.8) is 0 Å². The van der Waals surface area contributed by atoms with Crippen LogP contribution in [0.25, 0.3) is 0 Å². The van der Waals surface area contributed by atoms with Crippen molar-refractivity contribution in [2.45, 2.75) is 32.7 Å². The Morgan fingerprint density at radius 3 is 2.47 bits per heavy atom. The van der Waals surface area contributed by atoms with Crippen LogP contribution in [-0.2, 0) is 11.2 Å². The molecule has 0 heterocycles. The highest BCUT2D eigenvalue weighted by molar-refractivity contribution is 5.76. The Bertz CT molecular complexity index is 390. The molecule has 0 saturated heterocycles. The monoisotopic (exact) mass is 264 g/mol. The molecule has 0 aliphatic carbocycles. The van der Waals surface area contributed by atoms with Crippen LogP contribution in [0.4, 0.5) is 0 Å². The molecule has 4 nitrogen and oxygen atoms in total. The molecule has 0 bridgehead atoms. The first kappa shape index (κ1) is 15.5. The summed E-state index contributed by atoms with van der Waals surface area (Å²) < 4.78 is 5.13. The fourth-order valence-electron chi connectivity index (χ4n) is 2.21. The number of amides is 1. The summed E-state index contributed by atoms with van der Waals surface area (Å²) in [7, 11) is 1.65. The molecule has 1 rings (SSSR count). The van der Waals surface area contributed by atoms with Gasteiger partial charge in [-0.1, -0.05) is 12.1 Å². The maximum absolute atomic E-state index is 11.9. The maximum Gasteiger partial charge on any atom is 0.224 e. The first-order valence-electron chi connectivity index (χ1n) is 6.74. The van der Waals surface area contributed by atoms with Crippen LogP contribution in [0.15, 0.2) is 24.3 Å². The van der Waals surface area contributed by atoms with E-state index in [0.29, 0.717) is 13.0 Å². The van der Waals surface area contributed by atoms with Crippen molar-refractivity contribution < 1.29 is 9.53 Å². The van der Waals surface area contributed by atoms with E-state index >= 15 is 0 Å². The Hall–Kier alpha value is -1.55. The number of likely N-dealkylation sites (N-methyl/N-ethyl adjacent to an activating group) is 1. The van der Waals surface area contributed by atoms with E-state index in [0.717, 1.165) is 18.7 Å². The largest absolute Gasteiger partial charge is 0.497 e. The molecule has 1 aromatic rings. The van der Waals surface area contributed by atoms with E-state index in [1.165, 1.54) is 5.56 Å². The van der Waals surface area contributed by atoms with Crippen LogP contribution in [0.3, 0.4) is 0 Å². The molecule has 2 N–H and O–H groups in total. The van der Waals surface area contributed by atoms with Gasteiger partial charge in [0.25, 0.3) is 0 Å². The van der Waals surface area contributed by atoms with E-state index in [-0.39, 0.29) is 11.9 Å². The van der Waals surface area contributed by atoms with Gasteiger partial charge in [-0.15, -0.1) is 0 Å². The fourth-order valence-corrected chi connectivity index (χ4v) is 2.21. The van der Waals surface area contributed by atoms with Gasteiger partial charge in [-0.25, -0.2) is 0 Å². The average Bonchev–Trinajstić information content (AvgIpc) is 2.40. The lowest BCUT2D eigenvalue weighted by atomic mass is 10.1. The molecule has 4 heteroatoms. The third-order valence-corrected chi connectivity index (χ3v) is 3.24. The van der Waals surface area contributed by atoms with Crippen molar-refractivity contribution in [2.75, 3.05) is 20.2 Å². The summed E-state index contributed by atoms with van der Waals surface area (Å²) in [6, 6.07) is 8.14. The molecule has 1 atom stereocenters. The number of ether oxygens (including phenoxy) is 1. The van der Waals surface area contributed by atoms with Gasteiger partial charge in [0.15, 0.2) is 0 Å². The predicted octanol–water partition coefficient (Wildman–Crippen LogP) is 1.82. The highest BCUT2D eigenvalue weighted by Crippen LogP contribution is 2.15. The summed E-state index contributed by atoms with van der Waals surface area (Å²) in [4.78, 5) is 13.8. The number of nitrogens with zero attached hydrogens (tertiary/aromatic N) is 1. The number of hydrogen-bond donors (Lipinski definition) is 1. The van der Waals surface area contributed by atoms with Gasteiger partial charge in [-0.2, -0.15) is 0 Å². The summed E-state index contributed by atoms with van der Waals surface area (Å²) in [5.74, 6) is 0.981. The summed E-state index contributed by atoms with van der Waals surface area (Å²) in [5.41, 5.74) is 6.65. The molecule has 1 unspecified atom stereocenters. The van der Waals surface area contributed by atoms with Gasteiger partial charge in [0.05, 0.1) is 7.11 Å². The topological polar surface area (TPSA) is 55.6 Å². The van der Waals surface area contributed by atoms with Crippen LogP contribution < -0.4 is 10.5 Å². The van der Waals surface area contributed by atoms with Gasteiger partial charge in [0, 0.05) is 25.6 Å². The SMILES string of the molecule is CCN(C(=O)CCN)C(C)Cc1ccc(OC)cc1. The fraction of sp³-hybridized carbons (Fsp3) is 0.533. The van der Waals surface area contributed by atoms with E-state index < -0.39 is 0 Å². The van der Waals surface area contributed by atoms with Crippen molar-refractivity contribution >= 4 is 5.91 Å². The normalized spacial score (nSPS) is 12.0. The minimum Gasteiger partial charge on any atom is -0.497 e. The summed E-state index contributed by atoms with van der Waals surface area (Å²) >= 11 is 0. The number of carbonyl (C=O) groups excluding carboxylic acids is 1. The summed E-state index contributed by atoms with van der Waals surface area (Å²) in [6.07, 6.45) is 1.26. The Labute approximate surface area is 115 Å². The molecule has 0 spiro atoms. The number of benzene rings is 1. The standard InChI is InChI=1S/C15H24N2O2/c1-4-17(15(18)9-10-16)12(2)11-13-5-7-14(19-3)8-6-13/h5-8,12H,4,9-11,16H2,1-3H3. The van der Waals surface area contributed by atoms with Crippen LogP contribution in [0.1, 0.15) is 25.8 Å². The van der Waals surface area contributed by atoms with Gasteiger partial charge in [0.2, 0.25) is 5.91 Å². The van der Waals surface area contributed by atoms with Gasteiger partial charge in [-0.05, 0) is 38.0 Å². The number of nitrogens with two attached hydrogens (primary N) is 1. The molecule has 1 amide bonds. The first-order chi connectivity index (χ1) is 9.12. The van der Waals surface area contributed by atoms with Crippen LogP contribution >= 0.6 is 0 Å². The van der Waals surface area contributed by atoms with Crippen molar-refractivity contribution in [2.24, 2.45) is 5.73 Å². The van der Waals surface area contributed by atoms with Crippen LogP contribution in [0, 0.1) is 0 Å². The van der Waals surface area contributed by atoms with Crippen LogP contribution in [-0.4, -0.2) is 37.0 Å². The lowest BCUT2D eigenvalue weighted by molar-refractivity contribution is -0.132. The minimum absolute atomic E-state index is 0.131. The zero-order chi connectivity index (χ0) is 14.3. The third-order valence-electron chi connectivity index (χ3n) is 3.24. The molecule has 106 valence electrons. The second-order valence-electron chi connectivity index (χ2n) is 4.62. The maximum atomic E-state index is 11.9. The zero-order valence-electron chi connectivity index (χ0n) is 12.1. The molecule has 19 heavy (non-hydrogen) atoms. The molecule has 0 saturated carbocycles. The highest BCUT2D eigenvalue weighted by Gasteiger charge is 2.17. The predicted molar refractivity (Wildman–Crippen MR) is 77.2 cm³/mol. The first-order valence-corrected chi connectivity index (χ1v) is 6.74. The average molecular weight is 264 g/mol. The lowest BCUT2D eigenvalue weighted by Gasteiger charge is -2.28. The molecular formula is C15H24N2O2. The van der Waals surface area contributed by atoms with Gasteiger partial charge < -0.3 is 15.4 Å². The minimum atomic E-state index is 0.131. The molecule has 1 aromatic carbocycles. The van der Waals surface area contributed by atoms with E-state index in [9.17, 15) is 4.79 Å². The zero-order valence-corrected chi connectivity index (χ0v) is 12.1. The Morgan fingerprint density at radius 1 is 1.37 bits per heavy atom. The molecule has 0 aliphatic rings. The van der Waals surface area contributed by atoms with Crippen molar-refractivity contribution in [1.29, 1.82) is 0 Å². The Morgan fingerprint density at radius 2 is 2.00 bits per heavy atom. The Balaban J connectivity index is 2.65. The van der Waals surface area contributed by atoms with Gasteiger partial charge in [0.1, 0.15) is 5.75 Å². The van der Waals surface area contributed by atoms with E-state index in [2.05, 4.69) is 6.92 Å². The quantitative estimate of drug-likeness (QED) is 0.817. The second-order valence-corrected chi connectivity index (χ2v) is 4.62. The summed E-state index contributed by atoms with van der Waals surface area (Å²) in [6.45, 7) is 5.20. The van der Waals surface area contributed by atoms with Crippen molar-refractivity contribution in [3.05, 3.63) is 29.8 Å². The number of hydrogen-bond acceptors (Lipinski definition) is 3. The number of methoxy groups -OCH3 is 1. The van der Waals surface area contributed by atoms with Crippen LogP contribution in [0.2, 0.25) is 0 Å². The van der Waals surface area contributed by atoms with Crippen LogP contribution in [0.5, 0.6) is 5.75 Å². The lowest BCUT2D eigenvalue weighted by Crippen LogP contribution is -2.40. The summed E-state index contributed by atoms with van der Waals surface area (Å²) in [5, 5.41) is 0. The van der Waals surface area contributed by atoms with E-state index in [1.54, 1.807) is 7.11 Å². The second kappa shape index (κ2) is 7.79. The number of carbonyl (C=O) groups is 1. The van der Waals surface area contributed by atoms with E-state index in [4.69, 9.17) is 10.5 Å². The van der Waals surface area contributed by atoms with Gasteiger partial charge in [-0.3, -0.25) is 4.79 Å². The smallest absolute Gasteiger partial charge is 0.224 e. The third kappa shape index (κ3) is 4.56. The molecule has 0 fully saturated rings. The molecular weight excluding hydrogens is 240 g/mol. The highest BCUT2D eigenvalue weighted by atomic mass is 16.5. The van der Waals surface area contributed by atoms with Gasteiger partial charge >= 0.3 is 0 Å². The molecule has 0 radical (unpaired) electrons. The van der Waals surface area contributed by atoms with Crippen molar-refractivity contribution in [1.82, 2.24) is 4.90 Å². The number of rotatable bonds is 7. The molecule has 0 aromatic heterocycles. The molecule has 0 aliphatic heterocycles. The Kier molecular flexibility index (Phi) is 6.36.